The first-order chi connectivity index (χ1) is 11.9. The average molecular weight is 339 g/mol. The third-order valence-corrected chi connectivity index (χ3v) is 3.87. The van der Waals surface area contributed by atoms with E-state index >= 15 is 0 Å². The number of carbonyl (C=O) groups excluding carboxylic acids is 2. The fourth-order valence-corrected chi connectivity index (χ4v) is 2.36. The van der Waals surface area contributed by atoms with Crippen molar-refractivity contribution in [3.05, 3.63) is 64.7 Å². The minimum Gasteiger partial charge on any atom is -0.351 e. The summed E-state index contributed by atoms with van der Waals surface area (Å²) in [5, 5.41) is 5.76. The predicted molar refractivity (Wildman–Crippen MR) is 101 cm³/mol. The summed E-state index contributed by atoms with van der Waals surface area (Å²) in [6.07, 6.45) is 0. The molecule has 2 rings (SSSR count). The summed E-state index contributed by atoms with van der Waals surface area (Å²) in [5.74, 6) is -0.403. The quantitative estimate of drug-likeness (QED) is 0.851. The number of hydrogen-bond acceptors (Lipinski definition) is 3. The van der Waals surface area contributed by atoms with Gasteiger partial charge in [-0.3, -0.25) is 9.59 Å². The fraction of sp³-hybridized carbons (Fsp3) is 0.300. The summed E-state index contributed by atoms with van der Waals surface area (Å²) in [6.45, 7) is 5.25. The average Bonchev–Trinajstić information content (AvgIpc) is 2.57. The van der Waals surface area contributed by atoms with Crippen LogP contribution in [-0.4, -0.2) is 43.9 Å². The second kappa shape index (κ2) is 8.44. The first-order valence-electron chi connectivity index (χ1n) is 8.28. The van der Waals surface area contributed by atoms with Crippen LogP contribution in [0.25, 0.3) is 0 Å². The summed E-state index contributed by atoms with van der Waals surface area (Å²) in [6, 6.07) is 12.7. The van der Waals surface area contributed by atoms with Gasteiger partial charge in [0, 0.05) is 29.9 Å². The molecule has 0 spiro atoms. The number of likely N-dealkylation sites (N-methyl/N-ethyl adjacent to an activating group) is 1. The Hall–Kier alpha value is -2.66. The number of rotatable bonds is 6. The van der Waals surface area contributed by atoms with Crippen LogP contribution < -0.4 is 10.6 Å². The van der Waals surface area contributed by atoms with Gasteiger partial charge < -0.3 is 15.5 Å². The number of hydrogen-bond donors (Lipinski definition) is 2. The van der Waals surface area contributed by atoms with Crippen LogP contribution in [0.15, 0.2) is 42.5 Å². The molecule has 2 aromatic carbocycles. The molecule has 25 heavy (non-hydrogen) atoms. The van der Waals surface area contributed by atoms with Crippen molar-refractivity contribution in [1.82, 2.24) is 10.2 Å². The van der Waals surface area contributed by atoms with Gasteiger partial charge in [0.15, 0.2) is 0 Å². The van der Waals surface area contributed by atoms with E-state index in [-0.39, 0.29) is 11.8 Å². The smallest absolute Gasteiger partial charge is 0.255 e. The molecule has 0 bridgehead atoms. The molecule has 0 aliphatic carbocycles. The molecule has 0 radical (unpaired) electrons. The van der Waals surface area contributed by atoms with Crippen LogP contribution in [0.2, 0.25) is 0 Å². The standard InChI is InChI=1S/C20H25N3O2/c1-14-8-9-15(2)18(12-14)22-20(25)17-7-5-6-16(13-17)19(24)21-10-11-23(3)4/h5-9,12-13H,10-11H2,1-4H3,(H,21,24)(H,22,25). The zero-order chi connectivity index (χ0) is 18.4. The topological polar surface area (TPSA) is 61.4 Å². The van der Waals surface area contributed by atoms with E-state index in [2.05, 4.69) is 10.6 Å². The number of nitrogens with zero attached hydrogens (tertiary/aromatic N) is 1. The Balaban J connectivity index is 2.08. The van der Waals surface area contributed by atoms with Crippen molar-refractivity contribution >= 4 is 17.5 Å². The molecule has 0 fully saturated rings. The van der Waals surface area contributed by atoms with E-state index in [9.17, 15) is 9.59 Å². The van der Waals surface area contributed by atoms with Gasteiger partial charge in [-0.2, -0.15) is 0 Å². The maximum absolute atomic E-state index is 12.5. The van der Waals surface area contributed by atoms with Crippen LogP contribution in [0.4, 0.5) is 5.69 Å². The molecule has 5 nitrogen and oxygen atoms in total. The molecule has 0 saturated carbocycles. The van der Waals surface area contributed by atoms with E-state index in [4.69, 9.17) is 0 Å². The molecule has 0 atom stereocenters. The lowest BCUT2D eigenvalue weighted by molar-refractivity contribution is 0.0951. The van der Waals surface area contributed by atoms with E-state index in [0.29, 0.717) is 17.7 Å². The minimum atomic E-state index is -0.225. The Labute approximate surface area is 149 Å². The third kappa shape index (κ3) is 5.43. The second-order valence-corrected chi connectivity index (χ2v) is 6.41. The van der Waals surface area contributed by atoms with Crippen molar-refractivity contribution in [2.24, 2.45) is 0 Å². The van der Waals surface area contributed by atoms with Crippen LogP contribution in [0.3, 0.4) is 0 Å². The summed E-state index contributed by atoms with van der Waals surface area (Å²) in [4.78, 5) is 26.7. The van der Waals surface area contributed by atoms with Crippen molar-refractivity contribution in [1.29, 1.82) is 0 Å². The lowest BCUT2D eigenvalue weighted by Crippen LogP contribution is -2.31. The maximum Gasteiger partial charge on any atom is 0.255 e. The van der Waals surface area contributed by atoms with Gasteiger partial charge >= 0.3 is 0 Å². The molecule has 132 valence electrons. The Kier molecular flexibility index (Phi) is 6.31. The minimum absolute atomic E-state index is 0.178. The van der Waals surface area contributed by atoms with Crippen LogP contribution >= 0.6 is 0 Å². The van der Waals surface area contributed by atoms with Gasteiger partial charge in [0.1, 0.15) is 0 Å². The normalized spacial score (nSPS) is 10.6. The highest BCUT2D eigenvalue weighted by molar-refractivity contribution is 6.06. The second-order valence-electron chi connectivity index (χ2n) is 6.41. The van der Waals surface area contributed by atoms with Gasteiger partial charge in [-0.1, -0.05) is 18.2 Å². The van der Waals surface area contributed by atoms with Crippen LogP contribution in [-0.2, 0) is 0 Å². The monoisotopic (exact) mass is 339 g/mol. The zero-order valence-electron chi connectivity index (χ0n) is 15.2. The fourth-order valence-electron chi connectivity index (χ4n) is 2.36. The SMILES string of the molecule is Cc1ccc(C)c(NC(=O)c2cccc(C(=O)NCCN(C)C)c2)c1. The van der Waals surface area contributed by atoms with E-state index in [1.165, 1.54) is 0 Å². The van der Waals surface area contributed by atoms with Gasteiger partial charge in [-0.15, -0.1) is 0 Å². The number of benzene rings is 2. The highest BCUT2D eigenvalue weighted by atomic mass is 16.2. The summed E-state index contributed by atoms with van der Waals surface area (Å²) in [5.41, 5.74) is 3.80. The number of carbonyl (C=O) groups is 2. The van der Waals surface area contributed by atoms with Crippen LogP contribution in [0.1, 0.15) is 31.8 Å². The van der Waals surface area contributed by atoms with Crippen molar-refractivity contribution in [2.45, 2.75) is 13.8 Å². The summed E-state index contributed by atoms with van der Waals surface area (Å²) < 4.78 is 0. The lowest BCUT2D eigenvalue weighted by Gasteiger charge is -2.12. The van der Waals surface area contributed by atoms with Crippen molar-refractivity contribution < 1.29 is 9.59 Å². The Morgan fingerprint density at radius 3 is 2.32 bits per heavy atom. The Morgan fingerprint density at radius 1 is 0.960 bits per heavy atom. The Morgan fingerprint density at radius 2 is 1.64 bits per heavy atom. The van der Waals surface area contributed by atoms with E-state index < -0.39 is 0 Å². The molecule has 0 aliphatic heterocycles. The predicted octanol–water partition coefficient (Wildman–Crippen LogP) is 2.85. The highest BCUT2D eigenvalue weighted by Gasteiger charge is 2.11. The summed E-state index contributed by atoms with van der Waals surface area (Å²) in [7, 11) is 3.90. The van der Waals surface area contributed by atoms with E-state index in [1.54, 1.807) is 24.3 Å². The molecule has 2 aromatic rings. The van der Waals surface area contributed by atoms with Gasteiger partial charge in [0.05, 0.1) is 0 Å². The third-order valence-electron chi connectivity index (χ3n) is 3.87. The van der Waals surface area contributed by atoms with Gasteiger partial charge in [-0.25, -0.2) is 0 Å². The first-order valence-corrected chi connectivity index (χ1v) is 8.28. The van der Waals surface area contributed by atoms with Crippen molar-refractivity contribution in [2.75, 3.05) is 32.5 Å². The molecular weight excluding hydrogens is 314 g/mol. The molecule has 0 saturated heterocycles. The zero-order valence-corrected chi connectivity index (χ0v) is 15.2. The molecule has 2 amide bonds. The molecule has 0 unspecified atom stereocenters. The number of amides is 2. The van der Waals surface area contributed by atoms with Crippen LogP contribution in [0, 0.1) is 13.8 Å². The molecule has 0 aliphatic rings. The van der Waals surface area contributed by atoms with E-state index in [1.807, 2.05) is 51.0 Å². The molecule has 5 heteroatoms. The highest BCUT2D eigenvalue weighted by Crippen LogP contribution is 2.17. The van der Waals surface area contributed by atoms with Crippen LogP contribution in [0.5, 0.6) is 0 Å². The van der Waals surface area contributed by atoms with Gasteiger partial charge in [0.2, 0.25) is 0 Å². The number of aryl methyl sites for hydroxylation is 2. The largest absolute Gasteiger partial charge is 0.351 e. The maximum atomic E-state index is 12.5. The van der Waals surface area contributed by atoms with Crippen molar-refractivity contribution in [3.8, 4) is 0 Å². The first kappa shape index (κ1) is 18.7. The summed E-state index contributed by atoms with van der Waals surface area (Å²) >= 11 is 0. The number of anilines is 1. The molecule has 0 aromatic heterocycles. The molecule has 2 N–H and O–H groups in total. The van der Waals surface area contributed by atoms with Gasteiger partial charge in [-0.05, 0) is 63.3 Å². The molecule has 0 heterocycles. The lowest BCUT2D eigenvalue weighted by atomic mass is 10.1. The van der Waals surface area contributed by atoms with Gasteiger partial charge in [0.25, 0.3) is 11.8 Å². The van der Waals surface area contributed by atoms with Crippen molar-refractivity contribution in [3.63, 3.8) is 0 Å². The molecular formula is C20H25N3O2. The van der Waals surface area contributed by atoms with E-state index in [0.717, 1.165) is 23.4 Å². The Bertz CT molecular complexity index is 769. The number of nitrogens with one attached hydrogen (secondary N) is 2.